The maximum absolute atomic E-state index is 2.12. The van der Waals surface area contributed by atoms with Gasteiger partial charge in [-0.25, -0.2) is 0 Å². The van der Waals surface area contributed by atoms with Gasteiger partial charge < -0.3 is 21.9 Å². The zero-order valence-electron chi connectivity index (χ0n) is 7.62. The molecule has 8 N–H and O–H groups in total. The second-order valence-corrected chi connectivity index (χ2v) is 2.35. The molecule has 2 aromatic rings. The molecular weight excluding hydrogens is 184 g/mol. The molecule has 0 bridgehead atoms. The third-order valence-corrected chi connectivity index (χ3v) is 1.66. The predicted molar refractivity (Wildman–Crippen MR) is 58.4 cm³/mol. The van der Waals surface area contributed by atoms with Gasteiger partial charge in [-0.2, -0.15) is 0 Å². The van der Waals surface area contributed by atoms with Gasteiger partial charge >= 0.3 is 0 Å². The summed E-state index contributed by atoms with van der Waals surface area (Å²) < 4.78 is 0. The van der Waals surface area contributed by atoms with Gasteiger partial charge in [0, 0.05) is 0 Å². The molecule has 0 aromatic heterocycles. The Balaban J connectivity index is -0.000000302. The van der Waals surface area contributed by atoms with Crippen LogP contribution in [0, 0.1) is 0 Å². The lowest BCUT2D eigenvalue weighted by Crippen LogP contribution is -1.67. The summed E-state index contributed by atoms with van der Waals surface area (Å²) in [7, 11) is 0. The van der Waals surface area contributed by atoms with E-state index < -0.39 is 0 Å². The van der Waals surface area contributed by atoms with E-state index >= 15 is 0 Å². The number of hydrogen-bond acceptors (Lipinski definition) is 0. The molecule has 0 fully saturated rings. The number of rotatable bonds is 0. The molecular formula is C10H16O4. The van der Waals surface area contributed by atoms with Gasteiger partial charge in [0.2, 0.25) is 0 Å². The third kappa shape index (κ3) is 3.51. The normalized spacial score (nSPS) is 7.14. The Morgan fingerprint density at radius 2 is 0.643 bits per heavy atom. The first-order valence-corrected chi connectivity index (χ1v) is 3.40. The minimum Gasteiger partial charge on any atom is -0.412 e. The minimum atomic E-state index is 0. The fourth-order valence-electron chi connectivity index (χ4n) is 1.13. The van der Waals surface area contributed by atoms with Crippen LogP contribution >= 0.6 is 0 Å². The van der Waals surface area contributed by atoms with Crippen LogP contribution in [0.2, 0.25) is 0 Å². The van der Waals surface area contributed by atoms with Gasteiger partial charge in [0.1, 0.15) is 0 Å². The van der Waals surface area contributed by atoms with Crippen LogP contribution in [0.5, 0.6) is 0 Å². The lowest BCUT2D eigenvalue weighted by molar-refractivity contribution is 0.823. The first-order chi connectivity index (χ1) is 4.97. The fraction of sp³-hybridized carbons (Fsp3) is 0. The quantitative estimate of drug-likeness (QED) is 0.545. The topological polar surface area (TPSA) is 126 Å². The molecule has 0 unspecified atom stereocenters. The average Bonchev–Trinajstić information content (AvgIpc) is 2.05. The Hall–Kier alpha value is -1.46. The van der Waals surface area contributed by atoms with Crippen molar-refractivity contribution >= 4 is 10.8 Å². The zero-order valence-corrected chi connectivity index (χ0v) is 7.62. The van der Waals surface area contributed by atoms with Crippen molar-refractivity contribution < 1.29 is 21.9 Å². The van der Waals surface area contributed by atoms with E-state index in [1.165, 1.54) is 10.8 Å². The van der Waals surface area contributed by atoms with Gasteiger partial charge in [0.15, 0.2) is 0 Å². The number of fused-ring (bicyclic) bond motifs is 1. The van der Waals surface area contributed by atoms with Crippen LogP contribution in [0.1, 0.15) is 0 Å². The van der Waals surface area contributed by atoms with Crippen molar-refractivity contribution in [3.8, 4) is 0 Å². The largest absolute Gasteiger partial charge is 0.412 e. The minimum absolute atomic E-state index is 0. The summed E-state index contributed by atoms with van der Waals surface area (Å²) in [4.78, 5) is 0. The standard InChI is InChI=1S/C10H8.4H2O/c1-2-6-10-8-4-3-7-9(10)5-1;;;;/h1-8H;4*1H2. The smallest absolute Gasteiger partial charge is 0.0184 e. The Morgan fingerprint density at radius 3 is 0.857 bits per heavy atom. The highest BCUT2D eigenvalue weighted by Gasteiger charge is 1.85. The Bertz CT molecular complexity index is 283. The summed E-state index contributed by atoms with van der Waals surface area (Å²) in [5.41, 5.74) is 0. The summed E-state index contributed by atoms with van der Waals surface area (Å²) in [6, 6.07) is 16.7. The van der Waals surface area contributed by atoms with Crippen LogP contribution in [0.15, 0.2) is 48.5 Å². The van der Waals surface area contributed by atoms with Crippen molar-refractivity contribution in [3.63, 3.8) is 0 Å². The summed E-state index contributed by atoms with van der Waals surface area (Å²) in [5.74, 6) is 0. The van der Waals surface area contributed by atoms with Crippen LogP contribution in [-0.2, 0) is 0 Å². The van der Waals surface area contributed by atoms with E-state index in [0.29, 0.717) is 0 Å². The Morgan fingerprint density at radius 1 is 0.429 bits per heavy atom. The maximum atomic E-state index is 2.12. The molecule has 80 valence electrons. The highest BCUT2D eigenvalue weighted by atomic mass is 16.0. The van der Waals surface area contributed by atoms with Crippen LogP contribution < -0.4 is 0 Å². The summed E-state index contributed by atoms with van der Waals surface area (Å²) in [5, 5.41) is 2.62. The molecule has 0 spiro atoms. The maximum Gasteiger partial charge on any atom is -0.0184 e. The van der Waals surface area contributed by atoms with E-state index in [4.69, 9.17) is 0 Å². The van der Waals surface area contributed by atoms with Crippen LogP contribution in [0.3, 0.4) is 0 Å². The lowest BCUT2D eigenvalue weighted by atomic mass is 10.1. The molecule has 14 heavy (non-hydrogen) atoms. The van der Waals surface area contributed by atoms with E-state index in [2.05, 4.69) is 48.5 Å². The fourth-order valence-corrected chi connectivity index (χ4v) is 1.13. The molecule has 0 radical (unpaired) electrons. The summed E-state index contributed by atoms with van der Waals surface area (Å²) >= 11 is 0. The molecule has 0 aliphatic heterocycles. The molecule has 0 saturated carbocycles. The van der Waals surface area contributed by atoms with Crippen LogP contribution in [0.4, 0.5) is 0 Å². The molecule has 4 nitrogen and oxygen atoms in total. The van der Waals surface area contributed by atoms with Gasteiger partial charge in [-0.15, -0.1) is 0 Å². The first-order valence-electron chi connectivity index (χ1n) is 3.40. The second kappa shape index (κ2) is 8.15. The predicted octanol–water partition coefficient (Wildman–Crippen LogP) is -0.459. The molecule has 0 aliphatic carbocycles. The zero-order chi connectivity index (χ0) is 6.81. The lowest BCUT2D eigenvalue weighted by Gasteiger charge is -1.92. The van der Waals surface area contributed by atoms with Crippen LogP contribution in [-0.4, -0.2) is 21.9 Å². The molecule has 0 atom stereocenters. The highest BCUT2D eigenvalue weighted by Crippen LogP contribution is 2.11. The molecule has 4 heteroatoms. The number of hydrogen-bond donors (Lipinski definition) is 0. The average molecular weight is 200 g/mol. The van der Waals surface area contributed by atoms with Crippen molar-refractivity contribution in [2.45, 2.75) is 0 Å². The third-order valence-electron chi connectivity index (χ3n) is 1.66. The van der Waals surface area contributed by atoms with Gasteiger partial charge in [-0.1, -0.05) is 48.5 Å². The van der Waals surface area contributed by atoms with Gasteiger partial charge in [0.25, 0.3) is 0 Å². The van der Waals surface area contributed by atoms with Crippen LogP contribution in [0.25, 0.3) is 10.8 Å². The van der Waals surface area contributed by atoms with E-state index in [1.807, 2.05) is 0 Å². The summed E-state index contributed by atoms with van der Waals surface area (Å²) in [6.07, 6.45) is 0. The van der Waals surface area contributed by atoms with Crippen molar-refractivity contribution in [3.05, 3.63) is 48.5 Å². The highest BCUT2D eigenvalue weighted by molar-refractivity contribution is 5.81. The Labute approximate surface area is 82.0 Å². The van der Waals surface area contributed by atoms with Crippen molar-refractivity contribution in [1.82, 2.24) is 0 Å². The van der Waals surface area contributed by atoms with Crippen molar-refractivity contribution in [1.29, 1.82) is 0 Å². The van der Waals surface area contributed by atoms with E-state index in [9.17, 15) is 0 Å². The second-order valence-electron chi connectivity index (χ2n) is 2.35. The van der Waals surface area contributed by atoms with Crippen molar-refractivity contribution in [2.24, 2.45) is 0 Å². The first kappa shape index (κ1) is 18.3. The van der Waals surface area contributed by atoms with Gasteiger partial charge in [0.05, 0.1) is 0 Å². The SMILES string of the molecule is O.O.O.O.c1ccc2ccccc2c1. The van der Waals surface area contributed by atoms with Crippen molar-refractivity contribution in [2.75, 3.05) is 0 Å². The van der Waals surface area contributed by atoms with E-state index in [0.717, 1.165) is 0 Å². The van der Waals surface area contributed by atoms with Gasteiger partial charge in [-0.05, 0) is 10.8 Å². The summed E-state index contributed by atoms with van der Waals surface area (Å²) in [6.45, 7) is 0. The van der Waals surface area contributed by atoms with Gasteiger partial charge in [-0.3, -0.25) is 0 Å². The molecule has 0 heterocycles. The molecule has 0 amide bonds. The Kier molecular flexibility index (Phi) is 10.7. The van der Waals surface area contributed by atoms with E-state index in [1.54, 1.807) is 0 Å². The monoisotopic (exact) mass is 200 g/mol. The molecule has 0 aliphatic rings. The van der Waals surface area contributed by atoms with E-state index in [-0.39, 0.29) is 21.9 Å². The molecule has 0 saturated heterocycles. The molecule has 2 aromatic carbocycles. The number of benzene rings is 2. The molecule has 2 rings (SSSR count).